The molecule has 0 spiro atoms. The first-order chi connectivity index (χ1) is 12.2. The molecule has 1 amide bonds. The fraction of sp³-hybridized carbons (Fsp3) is 0.952. The SMILES string of the molecule is CC1CCC(OC2CCN(C(=O)[C@@]34CCCC[C@H]3CNC4)CC2)CC1. The Bertz CT molecular complexity index is 467. The Kier molecular flexibility index (Phi) is 5.38. The second kappa shape index (κ2) is 7.56. The zero-order valence-electron chi connectivity index (χ0n) is 16.0. The predicted octanol–water partition coefficient (Wildman–Crippen LogP) is 3.35. The number of carbonyl (C=O) groups is 1. The van der Waals surface area contributed by atoms with Crippen molar-refractivity contribution in [1.82, 2.24) is 10.2 Å². The molecule has 2 aliphatic carbocycles. The van der Waals surface area contributed by atoms with E-state index >= 15 is 0 Å². The molecule has 4 aliphatic rings. The standard InChI is InChI=1S/C21H36N2O2/c1-16-5-7-18(8-6-16)25-19-9-12-23(13-10-19)20(24)21-11-3-2-4-17(21)14-22-15-21/h16-19,22H,2-15H2,1H3/t16?,17-,18?,21+/m0/s1. The summed E-state index contributed by atoms with van der Waals surface area (Å²) in [4.78, 5) is 15.5. The summed E-state index contributed by atoms with van der Waals surface area (Å²) in [6.07, 6.45) is 12.9. The molecule has 0 bridgehead atoms. The lowest BCUT2D eigenvalue weighted by Crippen LogP contribution is -2.52. The van der Waals surface area contributed by atoms with Crippen LogP contribution in [0.5, 0.6) is 0 Å². The van der Waals surface area contributed by atoms with Gasteiger partial charge in [0.1, 0.15) is 0 Å². The molecule has 4 fully saturated rings. The summed E-state index contributed by atoms with van der Waals surface area (Å²) in [6.45, 7) is 6.12. The third kappa shape index (κ3) is 3.62. The van der Waals surface area contributed by atoms with Gasteiger partial charge in [0.05, 0.1) is 17.6 Å². The maximum atomic E-state index is 13.3. The summed E-state index contributed by atoms with van der Waals surface area (Å²) in [5.41, 5.74) is -0.0779. The fourth-order valence-corrected chi connectivity index (χ4v) is 5.82. The molecule has 0 radical (unpaired) electrons. The van der Waals surface area contributed by atoms with E-state index in [-0.39, 0.29) is 5.41 Å². The van der Waals surface area contributed by atoms with Crippen LogP contribution in [0.2, 0.25) is 0 Å². The van der Waals surface area contributed by atoms with E-state index in [4.69, 9.17) is 4.74 Å². The molecule has 4 heteroatoms. The summed E-state index contributed by atoms with van der Waals surface area (Å²) in [7, 11) is 0. The maximum Gasteiger partial charge on any atom is 0.230 e. The van der Waals surface area contributed by atoms with E-state index in [2.05, 4.69) is 17.1 Å². The molecule has 2 atom stereocenters. The van der Waals surface area contributed by atoms with E-state index in [9.17, 15) is 4.79 Å². The summed E-state index contributed by atoms with van der Waals surface area (Å²) < 4.78 is 6.39. The van der Waals surface area contributed by atoms with Gasteiger partial charge in [0, 0.05) is 19.6 Å². The highest BCUT2D eigenvalue weighted by Crippen LogP contribution is 2.45. The summed E-state index contributed by atoms with van der Waals surface area (Å²) in [5, 5.41) is 3.52. The molecule has 0 unspecified atom stereocenters. The molecule has 0 aromatic rings. The number of likely N-dealkylation sites (tertiary alicyclic amines) is 1. The summed E-state index contributed by atoms with van der Waals surface area (Å²) in [5.74, 6) is 1.90. The van der Waals surface area contributed by atoms with Gasteiger partial charge in [0.25, 0.3) is 0 Å². The Morgan fingerprint density at radius 1 is 1.00 bits per heavy atom. The predicted molar refractivity (Wildman–Crippen MR) is 99.4 cm³/mol. The zero-order valence-corrected chi connectivity index (χ0v) is 16.0. The van der Waals surface area contributed by atoms with Crippen molar-refractivity contribution in [2.75, 3.05) is 26.2 Å². The maximum absolute atomic E-state index is 13.3. The summed E-state index contributed by atoms with van der Waals surface area (Å²) >= 11 is 0. The van der Waals surface area contributed by atoms with Crippen molar-refractivity contribution in [3.8, 4) is 0 Å². The average molecular weight is 349 g/mol. The van der Waals surface area contributed by atoms with Crippen LogP contribution in [-0.4, -0.2) is 49.2 Å². The van der Waals surface area contributed by atoms with Gasteiger partial charge in [-0.15, -0.1) is 0 Å². The molecule has 25 heavy (non-hydrogen) atoms. The number of nitrogens with one attached hydrogen (secondary N) is 1. The van der Waals surface area contributed by atoms with Crippen LogP contribution in [0.1, 0.15) is 71.1 Å². The van der Waals surface area contributed by atoms with Gasteiger partial charge in [0.2, 0.25) is 5.91 Å². The first kappa shape index (κ1) is 17.8. The molecule has 2 saturated heterocycles. The molecule has 2 aliphatic heterocycles. The normalized spacial score (nSPS) is 40.0. The van der Waals surface area contributed by atoms with Crippen molar-refractivity contribution in [3.05, 3.63) is 0 Å². The van der Waals surface area contributed by atoms with E-state index in [0.29, 0.717) is 24.0 Å². The molecule has 4 nitrogen and oxygen atoms in total. The number of nitrogens with zero attached hydrogens (tertiary/aromatic N) is 1. The minimum atomic E-state index is -0.0779. The van der Waals surface area contributed by atoms with E-state index in [0.717, 1.165) is 51.4 Å². The largest absolute Gasteiger partial charge is 0.375 e. The lowest BCUT2D eigenvalue weighted by Gasteiger charge is -2.43. The Morgan fingerprint density at radius 3 is 2.48 bits per heavy atom. The van der Waals surface area contributed by atoms with E-state index < -0.39 is 0 Å². The molecular formula is C21H36N2O2. The van der Waals surface area contributed by atoms with Crippen LogP contribution in [0.25, 0.3) is 0 Å². The van der Waals surface area contributed by atoms with Crippen molar-refractivity contribution in [2.45, 2.75) is 83.3 Å². The van der Waals surface area contributed by atoms with Gasteiger partial charge in [-0.05, 0) is 69.7 Å². The monoisotopic (exact) mass is 348 g/mol. The van der Waals surface area contributed by atoms with Crippen molar-refractivity contribution < 1.29 is 9.53 Å². The van der Waals surface area contributed by atoms with Gasteiger partial charge in [-0.25, -0.2) is 0 Å². The van der Waals surface area contributed by atoms with Crippen LogP contribution >= 0.6 is 0 Å². The minimum Gasteiger partial charge on any atom is -0.375 e. The second-order valence-electron chi connectivity index (χ2n) is 9.24. The van der Waals surface area contributed by atoms with Crippen molar-refractivity contribution >= 4 is 5.91 Å². The van der Waals surface area contributed by atoms with Crippen molar-refractivity contribution in [3.63, 3.8) is 0 Å². The van der Waals surface area contributed by atoms with E-state index in [1.807, 2.05) is 0 Å². The second-order valence-corrected chi connectivity index (χ2v) is 9.24. The zero-order chi connectivity index (χ0) is 17.3. The lowest BCUT2D eigenvalue weighted by atomic mass is 9.67. The summed E-state index contributed by atoms with van der Waals surface area (Å²) in [6, 6.07) is 0. The van der Waals surface area contributed by atoms with Gasteiger partial charge in [-0.3, -0.25) is 4.79 Å². The minimum absolute atomic E-state index is 0.0779. The highest BCUT2D eigenvalue weighted by molar-refractivity contribution is 5.84. The number of fused-ring (bicyclic) bond motifs is 1. The third-order valence-corrected chi connectivity index (χ3v) is 7.54. The number of amides is 1. The molecular weight excluding hydrogens is 312 g/mol. The van der Waals surface area contributed by atoms with Crippen molar-refractivity contribution in [2.24, 2.45) is 17.3 Å². The van der Waals surface area contributed by atoms with Gasteiger partial charge in [-0.1, -0.05) is 19.8 Å². The highest BCUT2D eigenvalue weighted by Gasteiger charge is 2.51. The number of carbonyl (C=O) groups excluding carboxylic acids is 1. The fourth-order valence-electron chi connectivity index (χ4n) is 5.82. The van der Waals surface area contributed by atoms with Crippen LogP contribution < -0.4 is 5.32 Å². The smallest absolute Gasteiger partial charge is 0.230 e. The Labute approximate surface area is 153 Å². The van der Waals surface area contributed by atoms with E-state index in [1.54, 1.807) is 0 Å². The molecule has 0 aromatic carbocycles. The average Bonchev–Trinajstić information content (AvgIpc) is 3.09. The van der Waals surface area contributed by atoms with Crippen LogP contribution in [0.15, 0.2) is 0 Å². The third-order valence-electron chi connectivity index (χ3n) is 7.54. The van der Waals surface area contributed by atoms with Gasteiger partial charge in [-0.2, -0.15) is 0 Å². The first-order valence-corrected chi connectivity index (χ1v) is 10.8. The van der Waals surface area contributed by atoms with Crippen LogP contribution in [0.3, 0.4) is 0 Å². The number of piperidine rings is 1. The highest BCUT2D eigenvalue weighted by atomic mass is 16.5. The molecule has 4 rings (SSSR count). The van der Waals surface area contributed by atoms with Crippen LogP contribution in [-0.2, 0) is 9.53 Å². The topological polar surface area (TPSA) is 41.6 Å². The number of hydrogen-bond acceptors (Lipinski definition) is 3. The Hall–Kier alpha value is -0.610. The number of rotatable bonds is 3. The van der Waals surface area contributed by atoms with Crippen LogP contribution in [0, 0.1) is 17.3 Å². The van der Waals surface area contributed by atoms with Crippen molar-refractivity contribution in [1.29, 1.82) is 0 Å². The van der Waals surface area contributed by atoms with Gasteiger partial charge >= 0.3 is 0 Å². The van der Waals surface area contributed by atoms with E-state index in [1.165, 1.54) is 44.9 Å². The number of ether oxygens (including phenoxy) is 1. The Morgan fingerprint density at radius 2 is 1.72 bits per heavy atom. The van der Waals surface area contributed by atoms with Gasteiger partial charge in [0.15, 0.2) is 0 Å². The lowest BCUT2D eigenvalue weighted by molar-refractivity contribution is -0.149. The number of hydrogen-bond donors (Lipinski definition) is 1. The Balaban J connectivity index is 1.29. The quantitative estimate of drug-likeness (QED) is 0.850. The molecule has 1 N–H and O–H groups in total. The molecule has 142 valence electrons. The van der Waals surface area contributed by atoms with Gasteiger partial charge < -0.3 is 15.0 Å². The molecule has 2 heterocycles. The van der Waals surface area contributed by atoms with Crippen LogP contribution in [0.4, 0.5) is 0 Å². The first-order valence-electron chi connectivity index (χ1n) is 10.8. The molecule has 0 aromatic heterocycles. The molecule has 2 saturated carbocycles.